The number of carboxylic acid groups (broad SMARTS) is 1. The molecule has 0 aliphatic rings. The lowest BCUT2D eigenvalue weighted by Crippen LogP contribution is -2.37. The van der Waals surface area contributed by atoms with E-state index < -0.39 is 5.97 Å². The molecule has 9 heteroatoms. The zero-order valence-corrected chi connectivity index (χ0v) is 12.3. The van der Waals surface area contributed by atoms with Crippen molar-refractivity contribution in [2.75, 3.05) is 18.6 Å². The number of aromatic nitrogens is 3. The molecule has 1 heterocycles. The topological polar surface area (TPSA) is 109 Å². The van der Waals surface area contributed by atoms with E-state index in [1.165, 1.54) is 10.9 Å². The summed E-state index contributed by atoms with van der Waals surface area (Å²) < 4.78 is 1.21. The van der Waals surface area contributed by atoms with Crippen LogP contribution in [0.15, 0.2) is 6.20 Å². The van der Waals surface area contributed by atoms with Crippen LogP contribution in [0.1, 0.15) is 12.6 Å². The van der Waals surface area contributed by atoms with E-state index in [9.17, 15) is 9.59 Å². The second-order valence-corrected chi connectivity index (χ2v) is 5.34. The van der Waals surface area contributed by atoms with E-state index in [0.29, 0.717) is 18.2 Å². The number of rotatable bonds is 8. The van der Waals surface area contributed by atoms with Crippen LogP contribution >= 0.6 is 11.8 Å². The smallest absolute Gasteiger partial charge is 0.325 e. The first kappa shape index (κ1) is 16.3. The highest BCUT2D eigenvalue weighted by Gasteiger charge is 2.07. The molecule has 0 spiro atoms. The summed E-state index contributed by atoms with van der Waals surface area (Å²) in [6, 6.07) is -0.272. The van der Waals surface area contributed by atoms with Gasteiger partial charge in [0.2, 0.25) is 0 Å². The maximum atomic E-state index is 11.5. The summed E-state index contributed by atoms with van der Waals surface area (Å²) in [6.07, 6.45) is 3.52. The fourth-order valence-corrected chi connectivity index (χ4v) is 2.17. The van der Waals surface area contributed by atoms with Gasteiger partial charge in [0.05, 0.1) is 12.7 Å². The molecule has 1 aromatic heterocycles. The van der Waals surface area contributed by atoms with Gasteiger partial charge in [0.25, 0.3) is 0 Å². The highest BCUT2D eigenvalue weighted by atomic mass is 32.2. The minimum atomic E-state index is -0.991. The fraction of sp³-hybridized carbons (Fsp3) is 0.636. The average molecular weight is 301 g/mol. The predicted octanol–water partition coefficient (Wildman–Crippen LogP) is 0.161. The Bertz CT molecular complexity index is 451. The Labute approximate surface area is 121 Å². The van der Waals surface area contributed by atoms with E-state index in [1.807, 2.05) is 6.26 Å². The molecule has 3 N–H and O–H groups in total. The van der Waals surface area contributed by atoms with Gasteiger partial charge in [0.15, 0.2) is 0 Å². The van der Waals surface area contributed by atoms with Gasteiger partial charge >= 0.3 is 12.0 Å². The van der Waals surface area contributed by atoms with Crippen molar-refractivity contribution in [2.24, 2.45) is 5.92 Å². The first-order valence-corrected chi connectivity index (χ1v) is 7.52. The molecule has 1 aromatic rings. The minimum absolute atomic E-state index is 0.211. The SMILES string of the molecule is CSCC(C)CNC(=O)NCc1cn(CC(=O)O)nn1. The van der Waals surface area contributed by atoms with Gasteiger partial charge in [-0.1, -0.05) is 12.1 Å². The number of carboxylic acids is 1. The number of urea groups is 1. The van der Waals surface area contributed by atoms with Gasteiger partial charge in [-0.2, -0.15) is 11.8 Å². The summed E-state index contributed by atoms with van der Waals surface area (Å²) >= 11 is 1.74. The van der Waals surface area contributed by atoms with Crippen LogP contribution < -0.4 is 10.6 Å². The highest BCUT2D eigenvalue weighted by Crippen LogP contribution is 2.02. The molecular weight excluding hydrogens is 282 g/mol. The molecule has 0 bridgehead atoms. The summed E-state index contributed by atoms with van der Waals surface area (Å²) in [6.45, 7) is 2.64. The Kier molecular flexibility index (Phi) is 6.85. The van der Waals surface area contributed by atoms with Crippen LogP contribution in [0.4, 0.5) is 4.79 Å². The lowest BCUT2D eigenvalue weighted by Gasteiger charge is -2.11. The summed E-state index contributed by atoms with van der Waals surface area (Å²) in [5.74, 6) is 0.409. The van der Waals surface area contributed by atoms with E-state index in [-0.39, 0.29) is 19.1 Å². The maximum absolute atomic E-state index is 11.5. The van der Waals surface area contributed by atoms with Crippen molar-refractivity contribution >= 4 is 23.8 Å². The third kappa shape index (κ3) is 6.41. The van der Waals surface area contributed by atoms with Gasteiger partial charge in [0, 0.05) is 6.54 Å². The second kappa shape index (κ2) is 8.41. The molecule has 0 aliphatic heterocycles. The Morgan fingerprint density at radius 1 is 1.50 bits per heavy atom. The molecule has 0 radical (unpaired) electrons. The van der Waals surface area contributed by atoms with Gasteiger partial charge in [-0.25, -0.2) is 9.48 Å². The van der Waals surface area contributed by atoms with Crippen LogP contribution in [0.2, 0.25) is 0 Å². The number of aliphatic carboxylic acids is 1. The first-order valence-electron chi connectivity index (χ1n) is 6.12. The van der Waals surface area contributed by atoms with Crippen LogP contribution in [-0.2, 0) is 17.9 Å². The van der Waals surface area contributed by atoms with Crippen molar-refractivity contribution in [3.05, 3.63) is 11.9 Å². The Morgan fingerprint density at radius 3 is 2.90 bits per heavy atom. The van der Waals surface area contributed by atoms with Gasteiger partial charge < -0.3 is 15.7 Å². The van der Waals surface area contributed by atoms with Crippen molar-refractivity contribution in [2.45, 2.75) is 20.0 Å². The average Bonchev–Trinajstić information content (AvgIpc) is 2.81. The summed E-state index contributed by atoms with van der Waals surface area (Å²) in [4.78, 5) is 22.0. The molecule has 0 saturated carbocycles. The van der Waals surface area contributed by atoms with Gasteiger partial charge in [-0.3, -0.25) is 4.79 Å². The minimum Gasteiger partial charge on any atom is -0.480 e. The molecule has 1 rings (SSSR count). The lowest BCUT2D eigenvalue weighted by molar-refractivity contribution is -0.137. The van der Waals surface area contributed by atoms with Crippen LogP contribution in [0.3, 0.4) is 0 Å². The number of hydrogen-bond acceptors (Lipinski definition) is 5. The summed E-state index contributed by atoms with van der Waals surface area (Å²) in [7, 11) is 0. The van der Waals surface area contributed by atoms with E-state index in [4.69, 9.17) is 5.11 Å². The zero-order chi connectivity index (χ0) is 15.0. The van der Waals surface area contributed by atoms with Crippen molar-refractivity contribution in [1.29, 1.82) is 0 Å². The van der Waals surface area contributed by atoms with E-state index in [2.05, 4.69) is 27.9 Å². The monoisotopic (exact) mass is 301 g/mol. The van der Waals surface area contributed by atoms with Crippen LogP contribution in [0, 0.1) is 5.92 Å². The summed E-state index contributed by atoms with van der Waals surface area (Å²) in [5.41, 5.74) is 0.513. The molecule has 112 valence electrons. The molecule has 0 aliphatic carbocycles. The molecule has 1 atom stereocenters. The quantitative estimate of drug-likeness (QED) is 0.631. The van der Waals surface area contributed by atoms with Crippen LogP contribution in [0.5, 0.6) is 0 Å². The van der Waals surface area contributed by atoms with E-state index in [1.54, 1.807) is 11.8 Å². The predicted molar refractivity (Wildman–Crippen MR) is 75.4 cm³/mol. The van der Waals surface area contributed by atoms with Crippen molar-refractivity contribution < 1.29 is 14.7 Å². The standard InChI is InChI=1S/C11H19N5O3S/c1-8(7-20-2)3-12-11(19)13-4-9-5-16(15-14-9)6-10(17)18/h5,8H,3-4,6-7H2,1-2H3,(H,17,18)(H2,12,13,19). The highest BCUT2D eigenvalue weighted by molar-refractivity contribution is 7.98. The largest absolute Gasteiger partial charge is 0.480 e. The first-order chi connectivity index (χ1) is 9.51. The van der Waals surface area contributed by atoms with Crippen LogP contribution in [-0.4, -0.2) is 50.7 Å². The number of carbonyl (C=O) groups is 2. The fourth-order valence-electron chi connectivity index (χ4n) is 1.48. The lowest BCUT2D eigenvalue weighted by atomic mass is 10.2. The molecular formula is C11H19N5O3S. The van der Waals surface area contributed by atoms with Crippen molar-refractivity contribution in [3.8, 4) is 0 Å². The number of carbonyl (C=O) groups excluding carboxylic acids is 1. The molecule has 0 aromatic carbocycles. The number of nitrogens with one attached hydrogen (secondary N) is 2. The molecule has 1 unspecified atom stereocenters. The van der Waals surface area contributed by atoms with E-state index >= 15 is 0 Å². The number of nitrogens with zero attached hydrogens (tertiary/aromatic N) is 3. The third-order valence-corrected chi connectivity index (χ3v) is 3.28. The molecule has 2 amide bonds. The Hall–Kier alpha value is -1.77. The van der Waals surface area contributed by atoms with Gasteiger partial charge in [-0.05, 0) is 17.9 Å². The molecule has 0 fully saturated rings. The molecule has 20 heavy (non-hydrogen) atoms. The van der Waals surface area contributed by atoms with Crippen molar-refractivity contribution in [3.63, 3.8) is 0 Å². The third-order valence-electron chi connectivity index (χ3n) is 2.38. The number of amides is 2. The van der Waals surface area contributed by atoms with Crippen molar-refractivity contribution in [1.82, 2.24) is 25.6 Å². The van der Waals surface area contributed by atoms with Crippen LogP contribution in [0.25, 0.3) is 0 Å². The molecule has 0 saturated heterocycles. The summed E-state index contributed by atoms with van der Waals surface area (Å²) in [5, 5.41) is 21.4. The number of hydrogen-bond donors (Lipinski definition) is 3. The van der Waals surface area contributed by atoms with Gasteiger partial charge in [-0.15, -0.1) is 5.10 Å². The second-order valence-electron chi connectivity index (χ2n) is 4.43. The van der Waals surface area contributed by atoms with E-state index in [0.717, 1.165) is 5.75 Å². The zero-order valence-electron chi connectivity index (χ0n) is 11.5. The Balaban J connectivity index is 2.26. The number of thioether (sulfide) groups is 1. The molecule has 8 nitrogen and oxygen atoms in total. The normalized spacial score (nSPS) is 11.9. The Morgan fingerprint density at radius 2 is 2.25 bits per heavy atom. The maximum Gasteiger partial charge on any atom is 0.325 e. The van der Waals surface area contributed by atoms with Gasteiger partial charge in [0.1, 0.15) is 12.2 Å².